The number of anilines is 1. The van der Waals surface area contributed by atoms with E-state index in [1.54, 1.807) is 15.8 Å². The van der Waals surface area contributed by atoms with Crippen molar-refractivity contribution in [2.75, 3.05) is 11.4 Å². The number of amides is 1. The zero-order valence-electron chi connectivity index (χ0n) is 11.5. The Morgan fingerprint density at radius 3 is 2.55 bits per heavy atom. The van der Waals surface area contributed by atoms with Gasteiger partial charge in [0.15, 0.2) is 0 Å². The molecule has 2 heterocycles. The zero-order valence-corrected chi connectivity index (χ0v) is 11.5. The van der Waals surface area contributed by atoms with Crippen LogP contribution in [0.25, 0.3) is 0 Å². The number of ketones is 1. The second kappa shape index (κ2) is 4.59. The van der Waals surface area contributed by atoms with Gasteiger partial charge in [-0.05, 0) is 31.0 Å². The predicted molar refractivity (Wildman–Crippen MR) is 74.8 cm³/mol. The van der Waals surface area contributed by atoms with E-state index in [0.29, 0.717) is 18.7 Å². The van der Waals surface area contributed by atoms with Crippen molar-refractivity contribution in [2.45, 2.75) is 20.4 Å². The molecule has 5 heteroatoms. The first kappa shape index (κ1) is 12.6. The number of nitrogens with zero attached hydrogens (tertiary/aromatic N) is 3. The van der Waals surface area contributed by atoms with Crippen LogP contribution in [0.2, 0.25) is 0 Å². The number of benzene rings is 1. The normalized spacial score (nSPS) is 14.0. The SMILES string of the molecule is Cc1ccc(C)c2c1C(=O)C(=O)N2CCn1cccn1. The van der Waals surface area contributed by atoms with E-state index >= 15 is 0 Å². The highest BCUT2D eigenvalue weighted by Crippen LogP contribution is 2.34. The quantitative estimate of drug-likeness (QED) is 0.797. The summed E-state index contributed by atoms with van der Waals surface area (Å²) in [7, 11) is 0. The number of fused-ring (bicyclic) bond motifs is 1. The molecule has 0 fully saturated rings. The molecule has 0 atom stereocenters. The Hall–Kier alpha value is -2.43. The summed E-state index contributed by atoms with van der Waals surface area (Å²) in [4.78, 5) is 25.9. The summed E-state index contributed by atoms with van der Waals surface area (Å²) in [6, 6.07) is 5.66. The number of carbonyl (C=O) groups is 2. The van der Waals surface area contributed by atoms with Crippen LogP contribution < -0.4 is 4.90 Å². The molecule has 0 unspecified atom stereocenters. The van der Waals surface area contributed by atoms with Gasteiger partial charge in [0.25, 0.3) is 11.7 Å². The van der Waals surface area contributed by atoms with E-state index in [9.17, 15) is 9.59 Å². The van der Waals surface area contributed by atoms with E-state index in [0.717, 1.165) is 16.8 Å². The minimum atomic E-state index is -0.440. The number of aromatic nitrogens is 2. The molecule has 2 aromatic rings. The van der Waals surface area contributed by atoms with Gasteiger partial charge in [0, 0.05) is 18.9 Å². The molecule has 1 aliphatic heterocycles. The fourth-order valence-corrected chi connectivity index (χ4v) is 2.61. The Morgan fingerprint density at radius 2 is 1.85 bits per heavy atom. The van der Waals surface area contributed by atoms with Crippen molar-refractivity contribution < 1.29 is 9.59 Å². The van der Waals surface area contributed by atoms with Crippen molar-refractivity contribution in [1.29, 1.82) is 0 Å². The van der Waals surface area contributed by atoms with E-state index in [4.69, 9.17) is 0 Å². The summed E-state index contributed by atoms with van der Waals surface area (Å²) in [5.41, 5.74) is 3.11. The lowest BCUT2D eigenvalue weighted by atomic mass is 10.0. The first-order valence-electron chi connectivity index (χ1n) is 6.53. The number of hydrogen-bond acceptors (Lipinski definition) is 3. The summed E-state index contributed by atoms with van der Waals surface area (Å²) in [6.45, 7) is 4.80. The molecule has 0 saturated heterocycles. The lowest BCUT2D eigenvalue weighted by Gasteiger charge is -2.18. The molecule has 5 nitrogen and oxygen atoms in total. The van der Waals surface area contributed by atoms with Crippen molar-refractivity contribution in [3.63, 3.8) is 0 Å². The Kier molecular flexibility index (Phi) is 2.89. The minimum absolute atomic E-state index is 0.401. The van der Waals surface area contributed by atoms with Crippen molar-refractivity contribution in [2.24, 2.45) is 0 Å². The van der Waals surface area contributed by atoms with Gasteiger partial charge in [-0.2, -0.15) is 5.10 Å². The number of rotatable bonds is 3. The van der Waals surface area contributed by atoms with Gasteiger partial charge in [0.05, 0.1) is 17.8 Å². The number of Topliss-reactive ketones (excluding diaryl/α,β-unsaturated/α-hetero) is 1. The van der Waals surface area contributed by atoms with E-state index in [1.807, 2.05) is 38.2 Å². The van der Waals surface area contributed by atoms with Crippen molar-refractivity contribution >= 4 is 17.4 Å². The fraction of sp³-hybridized carbons (Fsp3) is 0.267. The molecule has 0 spiro atoms. The molecule has 1 aromatic heterocycles. The average Bonchev–Trinajstić information content (AvgIpc) is 3.02. The standard InChI is InChI=1S/C15H15N3O2/c1-10-4-5-11(2)13-12(10)14(19)15(20)18(13)9-8-17-7-3-6-16-17/h3-7H,8-9H2,1-2H3. The van der Waals surface area contributed by atoms with Crippen LogP contribution in [0.1, 0.15) is 21.5 Å². The topological polar surface area (TPSA) is 55.2 Å². The van der Waals surface area contributed by atoms with Gasteiger partial charge in [-0.3, -0.25) is 14.3 Å². The van der Waals surface area contributed by atoms with Gasteiger partial charge in [-0.15, -0.1) is 0 Å². The first-order valence-corrected chi connectivity index (χ1v) is 6.53. The molecular formula is C15H15N3O2. The molecule has 3 rings (SSSR count). The molecule has 102 valence electrons. The summed E-state index contributed by atoms with van der Waals surface area (Å²) in [6.07, 6.45) is 3.53. The summed E-state index contributed by atoms with van der Waals surface area (Å²) in [5.74, 6) is -0.841. The highest BCUT2D eigenvalue weighted by molar-refractivity contribution is 6.52. The maximum absolute atomic E-state index is 12.2. The van der Waals surface area contributed by atoms with Crippen molar-refractivity contribution in [1.82, 2.24) is 9.78 Å². The number of hydrogen-bond donors (Lipinski definition) is 0. The Labute approximate surface area is 116 Å². The molecule has 1 aliphatic rings. The van der Waals surface area contributed by atoms with Crippen LogP contribution in [0.3, 0.4) is 0 Å². The second-order valence-corrected chi connectivity index (χ2v) is 4.98. The van der Waals surface area contributed by atoms with Gasteiger partial charge in [-0.25, -0.2) is 0 Å². The molecule has 0 radical (unpaired) electrons. The Morgan fingerprint density at radius 1 is 1.10 bits per heavy atom. The number of aryl methyl sites for hydroxylation is 2. The largest absolute Gasteiger partial charge is 0.303 e. The van der Waals surface area contributed by atoms with E-state index < -0.39 is 11.7 Å². The van der Waals surface area contributed by atoms with Crippen LogP contribution in [-0.2, 0) is 11.3 Å². The second-order valence-electron chi connectivity index (χ2n) is 4.98. The molecule has 0 bridgehead atoms. The maximum atomic E-state index is 12.2. The van der Waals surface area contributed by atoms with Gasteiger partial charge in [-0.1, -0.05) is 12.1 Å². The molecular weight excluding hydrogens is 254 g/mol. The molecule has 0 N–H and O–H groups in total. The van der Waals surface area contributed by atoms with Gasteiger partial charge in [0.2, 0.25) is 0 Å². The predicted octanol–water partition coefficient (Wildman–Crippen LogP) is 1.73. The Bertz CT molecular complexity index is 689. The fourth-order valence-electron chi connectivity index (χ4n) is 2.61. The third-order valence-electron chi connectivity index (χ3n) is 3.64. The molecule has 1 amide bonds. The molecule has 0 saturated carbocycles. The molecule has 0 aliphatic carbocycles. The molecule has 1 aromatic carbocycles. The third-order valence-corrected chi connectivity index (χ3v) is 3.64. The third kappa shape index (κ3) is 1.82. The molecule has 20 heavy (non-hydrogen) atoms. The van der Waals surface area contributed by atoms with E-state index in [1.165, 1.54) is 0 Å². The number of carbonyl (C=O) groups excluding carboxylic acids is 2. The van der Waals surface area contributed by atoms with Gasteiger partial charge >= 0.3 is 0 Å². The first-order chi connectivity index (χ1) is 9.59. The van der Waals surface area contributed by atoms with Gasteiger partial charge < -0.3 is 4.90 Å². The minimum Gasteiger partial charge on any atom is -0.303 e. The monoisotopic (exact) mass is 269 g/mol. The average molecular weight is 269 g/mol. The summed E-state index contributed by atoms with van der Waals surface area (Å²) < 4.78 is 1.75. The highest BCUT2D eigenvalue weighted by atomic mass is 16.2. The van der Waals surface area contributed by atoms with Crippen LogP contribution in [0.4, 0.5) is 5.69 Å². The van der Waals surface area contributed by atoms with Gasteiger partial charge in [0.1, 0.15) is 0 Å². The van der Waals surface area contributed by atoms with Crippen molar-refractivity contribution in [3.05, 3.63) is 47.3 Å². The lowest BCUT2D eigenvalue weighted by molar-refractivity contribution is -0.114. The van der Waals surface area contributed by atoms with E-state index in [-0.39, 0.29) is 0 Å². The van der Waals surface area contributed by atoms with E-state index in [2.05, 4.69) is 5.10 Å². The van der Waals surface area contributed by atoms with Crippen LogP contribution in [0, 0.1) is 13.8 Å². The lowest BCUT2D eigenvalue weighted by Crippen LogP contribution is -2.33. The van der Waals surface area contributed by atoms with Crippen LogP contribution in [-0.4, -0.2) is 28.0 Å². The summed E-state index contributed by atoms with van der Waals surface area (Å²) in [5, 5.41) is 4.11. The van der Waals surface area contributed by atoms with Crippen LogP contribution in [0.5, 0.6) is 0 Å². The van der Waals surface area contributed by atoms with Crippen molar-refractivity contribution in [3.8, 4) is 0 Å². The van der Waals surface area contributed by atoms with Crippen LogP contribution >= 0.6 is 0 Å². The smallest absolute Gasteiger partial charge is 0.299 e. The Balaban J connectivity index is 1.96. The highest BCUT2D eigenvalue weighted by Gasteiger charge is 2.37. The summed E-state index contributed by atoms with van der Waals surface area (Å²) >= 11 is 0. The van der Waals surface area contributed by atoms with Crippen LogP contribution in [0.15, 0.2) is 30.6 Å². The zero-order chi connectivity index (χ0) is 14.3. The maximum Gasteiger partial charge on any atom is 0.299 e.